The van der Waals surface area contributed by atoms with Crippen LogP contribution in [0.25, 0.3) is 0 Å². The van der Waals surface area contributed by atoms with Crippen molar-refractivity contribution in [2.75, 3.05) is 52.4 Å². The Kier molecular flexibility index (Phi) is 36.9. The minimum Gasteiger partial charge on any atom is -0.759 e. The first-order valence-electron chi connectivity index (χ1n) is 18.9. The third-order valence-electron chi connectivity index (χ3n) is 8.55. The summed E-state index contributed by atoms with van der Waals surface area (Å²) in [4.78, 5) is 0. The molecule has 0 unspecified atom stereocenters. The maximum absolute atomic E-state index is 8.52. The Morgan fingerprint density at radius 3 is 0.556 bits per heavy atom. The molecule has 0 amide bonds. The van der Waals surface area contributed by atoms with Crippen LogP contribution in [-0.4, -0.2) is 78.8 Å². The van der Waals surface area contributed by atoms with Crippen LogP contribution in [0.3, 0.4) is 0 Å². The zero-order chi connectivity index (χ0) is 34.7. The third kappa shape index (κ3) is 35.7. The molecule has 7 heteroatoms. The lowest BCUT2D eigenvalue weighted by Crippen LogP contribution is -2.50. The van der Waals surface area contributed by atoms with Crippen LogP contribution in [0.2, 0.25) is 0 Å². The summed E-state index contributed by atoms with van der Waals surface area (Å²) in [5.74, 6) is 0. The second-order valence-electron chi connectivity index (χ2n) is 12.9. The van der Waals surface area contributed by atoms with E-state index in [0.717, 1.165) is 0 Å². The van der Waals surface area contributed by atoms with Gasteiger partial charge in [-0.3, -0.25) is 8.42 Å². The van der Waals surface area contributed by atoms with Crippen LogP contribution in [0.5, 0.6) is 0 Å². The summed E-state index contributed by atoms with van der Waals surface area (Å²) in [6.45, 7) is 30.0. The Balaban J connectivity index is -0.000000587. The normalized spacial score (nSPS) is 11.4. The van der Waals surface area contributed by atoms with E-state index in [2.05, 4.69) is 55.4 Å². The van der Waals surface area contributed by atoms with Crippen LogP contribution >= 0.6 is 0 Å². The Hall–Kier alpha value is -0.990. The minimum absolute atomic E-state index is 1.35. The van der Waals surface area contributed by atoms with Crippen molar-refractivity contribution in [2.24, 2.45) is 0 Å². The van der Waals surface area contributed by atoms with E-state index < -0.39 is 10.4 Å². The summed E-state index contributed by atoms with van der Waals surface area (Å²) in [6.07, 6.45) is 22.1. The topological polar surface area (TPSA) is 80.3 Å². The first-order chi connectivity index (χ1) is 21.5. The summed E-state index contributed by atoms with van der Waals surface area (Å²) in [6, 6.07) is 12.0. The molecule has 1 aromatic carbocycles. The number of hydrogen-bond acceptors (Lipinski definition) is 4. The summed E-state index contributed by atoms with van der Waals surface area (Å²) < 4.78 is 36.9. The van der Waals surface area contributed by atoms with Gasteiger partial charge in [0.05, 0.1) is 52.4 Å². The van der Waals surface area contributed by atoms with Gasteiger partial charge in [-0.25, -0.2) is 0 Å². The lowest BCUT2D eigenvalue weighted by Gasteiger charge is -2.39. The van der Waals surface area contributed by atoms with E-state index in [1.165, 1.54) is 164 Å². The molecule has 1 aromatic rings. The number of hydrogen-bond donors (Lipinski definition) is 0. The number of quaternary nitrogens is 2. The molecule has 0 aliphatic heterocycles. The lowest BCUT2D eigenvalue weighted by atomic mass is 10.1. The highest BCUT2D eigenvalue weighted by molar-refractivity contribution is 7.79. The highest BCUT2D eigenvalue weighted by atomic mass is 32.3. The second kappa shape index (κ2) is 34.3. The fourth-order valence-corrected chi connectivity index (χ4v) is 5.67. The van der Waals surface area contributed by atoms with Gasteiger partial charge in [0.2, 0.25) is 0 Å². The summed E-state index contributed by atoms with van der Waals surface area (Å²) in [7, 11) is -5.17. The summed E-state index contributed by atoms with van der Waals surface area (Å²) in [5, 5.41) is 0. The zero-order valence-corrected chi connectivity index (χ0v) is 32.2. The zero-order valence-electron chi connectivity index (χ0n) is 31.4. The van der Waals surface area contributed by atoms with Crippen molar-refractivity contribution in [3.63, 3.8) is 0 Å². The minimum atomic E-state index is -5.17. The first kappa shape index (κ1) is 48.4. The monoisotopic (exact) mass is 659 g/mol. The lowest BCUT2D eigenvalue weighted by molar-refractivity contribution is -0.929. The first-order valence-corrected chi connectivity index (χ1v) is 20.2. The Labute approximate surface area is 283 Å². The van der Waals surface area contributed by atoms with Crippen molar-refractivity contribution in [3.05, 3.63) is 36.4 Å². The van der Waals surface area contributed by atoms with Gasteiger partial charge in [-0.1, -0.05) is 143 Å². The van der Waals surface area contributed by atoms with Gasteiger partial charge in [0.25, 0.3) is 0 Å². The van der Waals surface area contributed by atoms with Crippen molar-refractivity contribution in [1.82, 2.24) is 0 Å². The van der Waals surface area contributed by atoms with Crippen LogP contribution in [-0.2, 0) is 10.4 Å². The van der Waals surface area contributed by atoms with Gasteiger partial charge in [0.1, 0.15) is 0 Å². The van der Waals surface area contributed by atoms with Crippen molar-refractivity contribution in [2.45, 2.75) is 158 Å². The van der Waals surface area contributed by atoms with Crippen LogP contribution in [0.15, 0.2) is 36.4 Å². The molecule has 0 spiro atoms. The van der Waals surface area contributed by atoms with E-state index in [4.69, 9.17) is 17.5 Å². The van der Waals surface area contributed by atoms with E-state index in [1.807, 2.05) is 36.4 Å². The quantitative estimate of drug-likeness (QED) is 0.0629. The molecule has 0 fully saturated rings. The molecule has 0 bridgehead atoms. The molecule has 0 heterocycles. The molecule has 0 saturated heterocycles. The number of nitrogens with zero attached hydrogens (tertiary/aromatic N) is 2. The third-order valence-corrected chi connectivity index (χ3v) is 8.55. The van der Waals surface area contributed by atoms with Crippen molar-refractivity contribution < 1.29 is 26.5 Å². The van der Waals surface area contributed by atoms with Crippen molar-refractivity contribution in [1.29, 1.82) is 0 Å². The maximum Gasteiger partial charge on any atom is 0.0786 e. The second-order valence-corrected chi connectivity index (χ2v) is 13.7. The van der Waals surface area contributed by atoms with Gasteiger partial charge in [0, 0.05) is 10.4 Å². The molecule has 0 saturated carbocycles. The molecule has 0 aliphatic rings. The highest BCUT2D eigenvalue weighted by Gasteiger charge is 2.25. The van der Waals surface area contributed by atoms with Gasteiger partial charge < -0.3 is 18.1 Å². The fourth-order valence-electron chi connectivity index (χ4n) is 5.67. The molecule has 0 aromatic heterocycles. The fraction of sp³-hybridized carbons (Fsp3) is 0.842. The van der Waals surface area contributed by atoms with Crippen LogP contribution in [0, 0.1) is 0 Å². The molecule has 0 aliphatic carbocycles. The summed E-state index contributed by atoms with van der Waals surface area (Å²) >= 11 is 0. The van der Waals surface area contributed by atoms with Crippen molar-refractivity contribution >= 4 is 10.4 Å². The molecule has 0 radical (unpaired) electrons. The van der Waals surface area contributed by atoms with E-state index in [0.29, 0.717) is 0 Å². The van der Waals surface area contributed by atoms with E-state index >= 15 is 0 Å². The molecule has 270 valence electrons. The van der Waals surface area contributed by atoms with Gasteiger partial charge in [-0.05, 0) is 51.4 Å². The molecule has 6 nitrogen and oxygen atoms in total. The van der Waals surface area contributed by atoms with Gasteiger partial charge in [-0.15, -0.1) is 0 Å². The number of unbranched alkanes of at least 4 members (excludes halogenated alkanes) is 8. The molecular weight excluding hydrogens is 580 g/mol. The number of rotatable bonds is 24. The average Bonchev–Trinajstić information content (AvgIpc) is 3.04. The van der Waals surface area contributed by atoms with E-state index in [-0.39, 0.29) is 0 Å². The molecule has 0 atom stereocenters. The molecule has 0 N–H and O–H groups in total. The Bertz CT molecular complexity index is 644. The van der Waals surface area contributed by atoms with Gasteiger partial charge in [0.15, 0.2) is 0 Å². The van der Waals surface area contributed by atoms with E-state index in [1.54, 1.807) is 0 Å². The maximum atomic E-state index is 8.52. The predicted molar refractivity (Wildman–Crippen MR) is 196 cm³/mol. The molecular formula is C38H78N2O4S. The highest BCUT2D eigenvalue weighted by Crippen LogP contribution is 2.17. The molecule has 1 rings (SSSR count). The van der Waals surface area contributed by atoms with Crippen molar-refractivity contribution in [3.8, 4) is 0 Å². The van der Waals surface area contributed by atoms with Gasteiger partial charge in [-0.2, -0.15) is 0 Å². The Morgan fingerprint density at radius 1 is 0.356 bits per heavy atom. The SMILES string of the molecule is CCCC[N+](CCCC)(CCCC)CCCC.CCCC[N+](CCCC)(CCCC)CCCC.O=S(=O)([O-])[O-].c1ccccc1. The molecule has 45 heavy (non-hydrogen) atoms. The average molecular weight is 659 g/mol. The summed E-state index contributed by atoms with van der Waals surface area (Å²) in [5.41, 5.74) is 0. The van der Waals surface area contributed by atoms with Crippen LogP contribution < -0.4 is 0 Å². The predicted octanol–water partition coefficient (Wildman–Crippen LogP) is 10.4. The van der Waals surface area contributed by atoms with Crippen LogP contribution in [0.4, 0.5) is 0 Å². The standard InChI is InChI=1S/2C16H36N.C6H6.H2O4S/c2*1-5-9-13-17(14-10-6-2,15-11-7-3)16-12-8-4;1-2-4-6-5-3-1;1-5(2,3)4/h2*5-16H2,1-4H3;1-6H;(H2,1,2,3,4)/q2*+1;;/p-2. The smallest absolute Gasteiger partial charge is 0.0786 e. The van der Waals surface area contributed by atoms with E-state index in [9.17, 15) is 0 Å². The number of benzene rings is 1. The Morgan fingerprint density at radius 2 is 0.467 bits per heavy atom. The van der Waals surface area contributed by atoms with Crippen LogP contribution in [0.1, 0.15) is 158 Å². The largest absolute Gasteiger partial charge is 0.759 e. The van der Waals surface area contributed by atoms with Gasteiger partial charge >= 0.3 is 0 Å².